The highest BCUT2D eigenvalue weighted by Gasteiger charge is 2.14. The maximum Gasteiger partial charge on any atom is 0.246 e. The molecule has 0 aliphatic carbocycles. The molecular formula is C10H20N2O3. The predicted molar refractivity (Wildman–Crippen MR) is 56.7 cm³/mol. The van der Waals surface area contributed by atoms with Gasteiger partial charge in [0.05, 0.1) is 18.8 Å². The number of hydrogen-bond acceptors (Lipinski definition) is 4. The van der Waals surface area contributed by atoms with Crippen LogP contribution in [0.2, 0.25) is 0 Å². The largest absolute Gasteiger partial charge is 0.374 e. The van der Waals surface area contributed by atoms with Crippen LogP contribution < -0.4 is 10.6 Å². The molecule has 0 aromatic rings. The molecule has 0 aromatic heterocycles. The Bertz CT molecular complexity index is 191. The molecule has 1 rings (SSSR count). The normalized spacial score (nSPS) is 21.7. The van der Waals surface area contributed by atoms with Gasteiger partial charge in [0.1, 0.15) is 6.61 Å². The fourth-order valence-corrected chi connectivity index (χ4v) is 1.27. The maximum atomic E-state index is 11.3. The van der Waals surface area contributed by atoms with E-state index in [9.17, 15) is 4.79 Å². The zero-order valence-electron chi connectivity index (χ0n) is 9.41. The van der Waals surface area contributed by atoms with Crippen molar-refractivity contribution in [1.82, 2.24) is 10.6 Å². The third kappa shape index (κ3) is 5.71. The summed E-state index contributed by atoms with van der Waals surface area (Å²) in [6, 6.07) is 0. The Labute approximate surface area is 90.5 Å². The van der Waals surface area contributed by atoms with E-state index in [1.807, 2.05) is 13.8 Å². The van der Waals surface area contributed by atoms with E-state index >= 15 is 0 Å². The SMILES string of the molecule is CC(C)OCC(=O)NCC1CNCCO1. The summed E-state index contributed by atoms with van der Waals surface area (Å²) in [6.45, 7) is 6.88. The van der Waals surface area contributed by atoms with Gasteiger partial charge in [-0.05, 0) is 13.8 Å². The smallest absolute Gasteiger partial charge is 0.246 e. The third-order valence-corrected chi connectivity index (χ3v) is 2.08. The molecule has 15 heavy (non-hydrogen) atoms. The van der Waals surface area contributed by atoms with Crippen LogP contribution in [0.5, 0.6) is 0 Å². The molecule has 1 amide bonds. The van der Waals surface area contributed by atoms with Crippen molar-refractivity contribution in [2.75, 3.05) is 32.8 Å². The Morgan fingerprint density at radius 3 is 3.07 bits per heavy atom. The third-order valence-electron chi connectivity index (χ3n) is 2.08. The number of carbonyl (C=O) groups excluding carboxylic acids is 1. The molecule has 1 unspecified atom stereocenters. The number of nitrogens with one attached hydrogen (secondary N) is 2. The first-order chi connectivity index (χ1) is 7.18. The second-order valence-corrected chi connectivity index (χ2v) is 3.86. The average Bonchev–Trinajstić information content (AvgIpc) is 2.25. The molecule has 5 heteroatoms. The van der Waals surface area contributed by atoms with Crippen LogP contribution in [0, 0.1) is 0 Å². The number of hydrogen-bond donors (Lipinski definition) is 2. The van der Waals surface area contributed by atoms with Crippen LogP contribution in [0.15, 0.2) is 0 Å². The molecule has 0 bridgehead atoms. The molecule has 2 N–H and O–H groups in total. The first kappa shape index (κ1) is 12.4. The Balaban J connectivity index is 2.05. The highest BCUT2D eigenvalue weighted by atomic mass is 16.5. The van der Waals surface area contributed by atoms with Gasteiger partial charge in [-0.15, -0.1) is 0 Å². The molecule has 1 atom stereocenters. The van der Waals surface area contributed by atoms with Crippen molar-refractivity contribution in [2.24, 2.45) is 0 Å². The first-order valence-electron chi connectivity index (χ1n) is 5.39. The van der Waals surface area contributed by atoms with E-state index in [1.165, 1.54) is 0 Å². The summed E-state index contributed by atoms with van der Waals surface area (Å²) >= 11 is 0. The van der Waals surface area contributed by atoms with Crippen LogP contribution in [0.4, 0.5) is 0 Å². The number of morpholine rings is 1. The lowest BCUT2D eigenvalue weighted by molar-refractivity contribution is -0.127. The van der Waals surface area contributed by atoms with E-state index < -0.39 is 0 Å². The van der Waals surface area contributed by atoms with E-state index in [2.05, 4.69) is 10.6 Å². The minimum atomic E-state index is -0.0853. The van der Waals surface area contributed by atoms with E-state index in [-0.39, 0.29) is 24.7 Å². The standard InChI is InChI=1S/C10H20N2O3/c1-8(2)15-7-10(13)12-6-9-5-11-3-4-14-9/h8-9,11H,3-7H2,1-2H3,(H,12,13). The zero-order chi connectivity index (χ0) is 11.1. The monoisotopic (exact) mass is 216 g/mol. The molecule has 1 aliphatic heterocycles. The number of amides is 1. The van der Waals surface area contributed by atoms with E-state index in [0.29, 0.717) is 13.2 Å². The molecule has 1 heterocycles. The second kappa shape index (κ2) is 6.76. The highest BCUT2D eigenvalue weighted by Crippen LogP contribution is 1.94. The summed E-state index contributed by atoms with van der Waals surface area (Å²) in [4.78, 5) is 11.3. The van der Waals surface area contributed by atoms with Crippen molar-refractivity contribution in [2.45, 2.75) is 26.1 Å². The minimum Gasteiger partial charge on any atom is -0.374 e. The zero-order valence-corrected chi connectivity index (χ0v) is 9.41. The molecule has 5 nitrogen and oxygen atoms in total. The molecule has 1 aliphatic rings. The van der Waals surface area contributed by atoms with Gasteiger partial charge in [-0.2, -0.15) is 0 Å². The van der Waals surface area contributed by atoms with Gasteiger partial charge in [0, 0.05) is 19.6 Å². The van der Waals surface area contributed by atoms with Crippen LogP contribution in [0.3, 0.4) is 0 Å². The topological polar surface area (TPSA) is 59.6 Å². The van der Waals surface area contributed by atoms with Gasteiger partial charge in [-0.1, -0.05) is 0 Å². The van der Waals surface area contributed by atoms with Crippen molar-refractivity contribution in [3.05, 3.63) is 0 Å². The number of carbonyl (C=O) groups is 1. The summed E-state index contributed by atoms with van der Waals surface area (Å²) in [5, 5.41) is 5.98. The minimum absolute atomic E-state index is 0.0850. The molecule has 0 radical (unpaired) electrons. The van der Waals surface area contributed by atoms with E-state index in [1.54, 1.807) is 0 Å². The van der Waals surface area contributed by atoms with Crippen LogP contribution >= 0.6 is 0 Å². The van der Waals surface area contributed by atoms with Crippen molar-refractivity contribution in [1.29, 1.82) is 0 Å². The number of ether oxygens (including phenoxy) is 2. The summed E-state index contributed by atoms with van der Waals surface area (Å²) in [6.07, 6.45) is 0.171. The molecule has 1 saturated heterocycles. The van der Waals surface area contributed by atoms with Gasteiger partial charge in [0.2, 0.25) is 5.91 Å². The van der Waals surface area contributed by atoms with Crippen molar-refractivity contribution in [3.63, 3.8) is 0 Å². The molecule has 0 spiro atoms. The van der Waals surface area contributed by atoms with Crippen molar-refractivity contribution in [3.8, 4) is 0 Å². The summed E-state index contributed by atoms with van der Waals surface area (Å²) in [5.74, 6) is -0.0853. The van der Waals surface area contributed by atoms with Crippen LogP contribution in [-0.4, -0.2) is 51.0 Å². The Morgan fingerprint density at radius 2 is 2.47 bits per heavy atom. The molecule has 0 aromatic carbocycles. The van der Waals surface area contributed by atoms with E-state index in [4.69, 9.17) is 9.47 Å². The molecule has 0 saturated carbocycles. The Kier molecular flexibility index (Phi) is 5.60. The van der Waals surface area contributed by atoms with E-state index in [0.717, 1.165) is 13.1 Å². The fourth-order valence-electron chi connectivity index (χ4n) is 1.27. The van der Waals surface area contributed by atoms with Crippen molar-refractivity contribution >= 4 is 5.91 Å². The molecular weight excluding hydrogens is 196 g/mol. The summed E-state index contributed by atoms with van der Waals surface area (Å²) < 4.78 is 10.6. The van der Waals surface area contributed by atoms with Gasteiger partial charge >= 0.3 is 0 Å². The average molecular weight is 216 g/mol. The Hall–Kier alpha value is -0.650. The van der Waals surface area contributed by atoms with Crippen LogP contribution in [-0.2, 0) is 14.3 Å². The fraction of sp³-hybridized carbons (Fsp3) is 0.900. The quantitative estimate of drug-likeness (QED) is 0.651. The maximum absolute atomic E-state index is 11.3. The summed E-state index contributed by atoms with van der Waals surface area (Å²) in [7, 11) is 0. The van der Waals surface area contributed by atoms with Crippen LogP contribution in [0.1, 0.15) is 13.8 Å². The lowest BCUT2D eigenvalue weighted by Crippen LogP contribution is -2.45. The summed E-state index contributed by atoms with van der Waals surface area (Å²) in [5.41, 5.74) is 0. The molecule has 88 valence electrons. The van der Waals surface area contributed by atoms with Gasteiger partial charge in [-0.3, -0.25) is 4.79 Å². The highest BCUT2D eigenvalue weighted by molar-refractivity contribution is 5.77. The lowest BCUT2D eigenvalue weighted by Gasteiger charge is -2.23. The number of rotatable bonds is 5. The van der Waals surface area contributed by atoms with Gasteiger partial charge in [-0.25, -0.2) is 0 Å². The second-order valence-electron chi connectivity index (χ2n) is 3.86. The Morgan fingerprint density at radius 1 is 1.67 bits per heavy atom. The van der Waals surface area contributed by atoms with Crippen molar-refractivity contribution < 1.29 is 14.3 Å². The van der Waals surface area contributed by atoms with Crippen LogP contribution in [0.25, 0.3) is 0 Å². The van der Waals surface area contributed by atoms with Gasteiger partial charge < -0.3 is 20.1 Å². The lowest BCUT2D eigenvalue weighted by atomic mass is 10.3. The van der Waals surface area contributed by atoms with Gasteiger partial charge in [0.15, 0.2) is 0 Å². The first-order valence-corrected chi connectivity index (χ1v) is 5.39. The predicted octanol–water partition coefficient (Wildman–Crippen LogP) is -0.484. The molecule has 1 fully saturated rings. The van der Waals surface area contributed by atoms with Gasteiger partial charge in [0.25, 0.3) is 0 Å².